The first-order valence-corrected chi connectivity index (χ1v) is 10.6. The van der Waals surface area contributed by atoms with Crippen molar-refractivity contribution in [1.82, 2.24) is 10.3 Å². The van der Waals surface area contributed by atoms with E-state index < -0.39 is 0 Å². The number of carbonyl (C=O) groups is 2. The first-order chi connectivity index (χ1) is 15.1. The smallest absolute Gasteiger partial charge is 0.267 e. The van der Waals surface area contributed by atoms with Gasteiger partial charge in [0.25, 0.3) is 5.91 Å². The van der Waals surface area contributed by atoms with E-state index in [1.807, 2.05) is 54.6 Å². The summed E-state index contributed by atoms with van der Waals surface area (Å²) in [6.45, 7) is 2.04. The lowest BCUT2D eigenvalue weighted by molar-refractivity contribution is -0.132. The molecule has 0 bridgehead atoms. The van der Waals surface area contributed by atoms with Crippen molar-refractivity contribution in [2.45, 2.75) is 38.3 Å². The monoisotopic (exact) mass is 415 g/mol. The number of amides is 2. The second kappa shape index (κ2) is 9.43. The van der Waals surface area contributed by atoms with Crippen LogP contribution in [0.3, 0.4) is 0 Å². The van der Waals surface area contributed by atoms with Crippen LogP contribution in [-0.2, 0) is 16.1 Å². The Balaban J connectivity index is 1.32. The number of hydrogen-bond donors (Lipinski definition) is 1. The third-order valence-corrected chi connectivity index (χ3v) is 5.73. The summed E-state index contributed by atoms with van der Waals surface area (Å²) in [7, 11) is 0. The highest BCUT2D eigenvalue weighted by atomic mass is 16.2. The van der Waals surface area contributed by atoms with E-state index in [0.717, 1.165) is 37.2 Å². The highest BCUT2D eigenvalue weighted by molar-refractivity contribution is 6.39. The van der Waals surface area contributed by atoms with Gasteiger partial charge in [0, 0.05) is 37.7 Å². The maximum atomic E-state index is 12.8. The first kappa shape index (κ1) is 20.6. The molecule has 0 radical (unpaired) electrons. The third kappa shape index (κ3) is 5.10. The van der Waals surface area contributed by atoms with Crippen LogP contribution in [0.5, 0.6) is 0 Å². The van der Waals surface area contributed by atoms with Crippen molar-refractivity contribution in [3.63, 3.8) is 0 Å². The minimum atomic E-state index is -0.178. The predicted molar refractivity (Wildman–Crippen MR) is 118 cm³/mol. The second-order valence-electron chi connectivity index (χ2n) is 7.88. The van der Waals surface area contributed by atoms with Crippen LogP contribution in [0.2, 0.25) is 0 Å². The van der Waals surface area contributed by atoms with Crippen molar-refractivity contribution >= 4 is 23.2 Å². The third-order valence-electron chi connectivity index (χ3n) is 5.73. The van der Waals surface area contributed by atoms with E-state index >= 15 is 0 Å². The van der Waals surface area contributed by atoms with Gasteiger partial charge >= 0.3 is 0 Å². The average Bonchev–Trinajstić information content (AvgIpc) is 2.82. The topological polar surface area (TPSA) is 88.8 Å². The number of nitriles is 1. The molecule has 0 atom stereocenters. The van der Waals surface area contributed by atoms with Crippen LogP contribution in [0.4, 0.5) is 5.69 Å². The molecule has 2 amide bonds. The van der Waals surface area contributed by atoms with Crippen molar-refractivity contribution in [2.24, 2.45) is 5.10 Å². The molecule has 0 unspecified atom stereocenters. The minimum absolute atomic E-state index is 0.0591. The molecule has 1 N–H and O–H groups in total. The predicted octanol–water partition coefficient (Wildman–Crippen LogP) is 2.82. The lowest BCUT2D eigenvalue weighted by Crippen LogP contribution is -2.47. The summed E-state index contributed by atoms with van der Waals surface area (Å²) >= 11 is 0. The van der Waals surface area contributed by atoms with Crippen molar-refractivity contribution in [2.75, 3.05) is 18.0 Å². The second-order valence-corrected chi connectivity index (χ2v) is 7.88. The Labute approximate surface area is 182 Å². The van der Waals surface area contributed by atoms with Gasteiger partial charge in [0.2, 0.25) is 5.91 Å². The Morgan fingerprint density at radius 3 is 2.45 bits per heavy atom. The Kier molecular flexibility index (Phi) is 6.27. The van der Waals surface area contributed by atoms with Crippen LogP contribution in [0.1, 0.15) is 36.8 Å². The van der Waals surface area contributed by atoms with Gasteiger partial charge in [0.15, 0.2) is 0 Å². The van der Waals surface area contributed by atoms with Crippen LogP contribution in [0, 0.1) is 11.3 Å². The van der Waals surface area contributed by atoms with Crippen molar-refractivity contribution in [3.8, 4) is 6.07 Å². The number of hydrogen-bond acceptors (Lipinski definition) is 5. The SMILES string of the molecule is N#Cc1ccc(N2CCC(NC(=O)C3=NN(Cc4ccccc4)C(=O)CC3)CC2)cc1. The summed E-state index contributed by atoms with van der Waals surface area (Å²) in [5.41, 5.74) is 3.15. The van der Waals surface area contributed by atoms with E-state index in [1.165, 1.54) is 5.01 Å². The molecule has 2 aliphatic rings. The fourth-order valence-electron chi connectivity index (χ4n) is 3.94. The standard InChI is InChI=1S/C24H25N5O2/c25-16-18-6-8-21(9-7-18)28-14-12-20(13-15-28)26-24(31)22-10-11-23(30)29(27-22)17-19-4-2-1-3-5-19/h1-9,20H,10-15,17H2,(H,26,31). The van der Waals surface area contributed by atoms with E-state index in [1.54, 1.807) is 0 Å². The number of anilines is 1. The summed E-state index contributed by atoms with van der Waals surface area (Å²) in [6, 6.07) is 19.5. The lowest BCUT2D eigenvalue weighted by Gasteiger charge is -2.34. The number of hydrazone groups is 1. The lowest BCUT2D eigenvalue weighted by atomic mass is 10.0. The van der Waals surface area contributed by atoms with Gasteiger partial charge in [0.05, 0.1) is 18.2 Å². The van der Waals surface area contributed by atoms with Crippen LogP contribution in [0.25, 0.3) is 0 Å². The Morgan fingerprint density at radius 1 is 1.06 bits per heavy atom. The highest BCUT2D eigenvalue weighted by Gasteiger charge is 2.27. The van der Waals surface area contributed by atoms with Gasteiger partial charge in [-0.05, 0) is 42.7 Å². The first-order valence-electron chi connectivity index (χ1n) is 10.6. The molecule has 31 heavy (non-hydrogen) atoms. The fourth-order valence-corrected chi connectivity index (χ4v) is 3.94. The van der Waals surface area contributed by atoms with Gasteiger partial charge in [0.1, 0.15) is 5.71 Å². The van der Waals surface area contributed by atoms with Crippen LogP contribution in [-0.4, -0.2) is 41.7 Å². The van der Waals surface area contributed by atoms with Gasteiger partial charge in [-0.1, -0.05) is 30.3 Å². The van der Waals surface area contributed by atoms with Gasteiger partial charge < -0.3 is 10.2 Å². The number of piperidine rings is 1. The Morgan fingerprint density at radius 2 is 1.77 bits per heavy atom. The van der Waals surface area contributed by atoms with Crippen LogP contribution >= 0.6 is 0 Å². The van der Waals surface area contributed by atoms with Crippen LogP contribution in [0.15, 0.2) is 59.7 Å². The van der Waals surface area contributed by atoms with E-state index in [-0.39, 0.29) is 17.9 Å². The molecule has 7 nitrogen and oxygen atoms in total. The molecule has 0 saturated carbocycles. The van der Waals surface area contributed by atoms with Crippen LogP contribution < -0.4 is 10.2 Å². The van der Waals surface area contributed by atoms with E-state index in [9.17, 15) is 9.59 Å². The molecule has 2 aliphatic heterocycles. The molecule has 1 fully saturated rings. The molecule has 2 aromatic rings. The highest BCUT2D eigenvalue weighted by Crippen LogP contribution is 2.21. The minimum Gasteiger partial charge on any atom is -0.371 e. The normalized spacial score (nSPS) is 17.1. The molecule has 7 heteroatoms. The average molecular weight is 415 g/mol. The Hall–Kier alpha value is -3.66. The molecule has 0 aromatic heterocycles. The molecule has 4 rings (SSSR count). The number of nitrogens with one attached hydrogen (secondary N) is 1. The number of benzene rings is 2. The summed E-state index contributed by atoms with van der Waals surface area (Å²) in [5.74, 6) is -0.237. The zero-order chi connectivity index (χ0) is 21.6. The largest absolute Gasteiger partial charge is 0.371 e. The molecular weight excluding hydrogens is 390 g/mol. The molecule has 2 aromatic carbocycles. The van der Waals surface area contributed by atoms with Crippen molar-refractivity contribution in [1.29, 1.82) is 5.26 Å². The molecular formula is C24H25N5O2. The Bertz CT molecular complexity index is 1000. The van der Waals surface area contributed by atoms with E-state index in [0.29, 0.717) is 30.7 Å². The number of nitrogens with zero attached hydrogens (tertiary/aromatic N) is 4. The summed E-state index contributed by atoms with van der Waals surface area (Å²) < 4.78 is 0. The summed E-state index contributed by atoms with van der Waals surface area (Å²) in [4.78, 5) is 27.3. The van der Waals surface area contributed by atoms with E-state index in [2.05, 4.69) is 21.4 Å². The molecule has 0 aliphatic carbocycles. The zero-order valence-electron chi connectivity index (χ0n) is 17.3. The molecule has 2 heterocycles. The van der Waals surface area contributed by atoms with Gasteiger partial charge in [-0.15, -0.1) is 0 Å². The maximum Gasteiger partial charge on any atom is 0.267 e. The summed E-state index contributed by atoms with van der Waals surface area (Å²) in [6.07, 6.45) is 2.35. The maximum absolute atomic E-state index is 12.8. The summed E-state index contributed by atoms with van der Waals surface area (Å²) in [5, 5.41) is 17.8. The fraction of sp³-hybridized carbons (Fsp3) is 0.333. The quantitative estimate of drug-likeness (QED) is 0.813. The zero-order valence-corrected chi connectivity index (χ0v) is 17.3. The van der Waals surface area contributed by atoms with Crippen molar-refractivity contribution in [3.05, 3.63) is 65.7 Å². The molecule has 1 saturated heterocycles. The van der Waals surface area contributed by atoms with E-state index in [4.69, 9.17) is 5.26 Å². The number of rotatable bonds is 5. The van der Waals surface area contributed by atoms with Gasteiger partial charge in [-0.25, -0.2) is 5.01 Å². The van der Waals surface area contributed by atoms with Gasteiger partial charge in [-0.3, -0.25) is 9.59 Å². The van der Waals surface area contributed by atoms with Crippen molar-refractivity contribution < 1.29 is 9.59 Å². The molecule has 0 spiro atoms. The number of carbonyl (C=O) groups excluding carboxylic acids is 2. The molecule has 158 valence electrons. The van der Waals surface area contributed by atoms with Gasteiger partial charge in [-0.2, -0.15) is 10.4 Å².